The van der Waals surface area contributed by atoms with Crippen molar-refractivity contribution < 1.29 is 0 Å². The van der Waals surface area contributed by atoms with Crippen LogP contribution in [0.25, 0.3) is 0 Å². The normalized spacial score (nSPS) is 13.0. The van der Waals surface area contributed by atoms with Crippen LogP contribution < -0.4 is 0 Å². The Morgan fingerprint density at radius 1 is 0.905 bits per heavy atom. The molecule has 2 atom stereocenters. The van der Waals surface area contributed by atoms with Gasteiger partial charge in [0.1, 0.15) is 0 Å². The average Bonchev–Trinajstić information content (AvgIpc) is 2.51. The molecule has 0 saturated carbocycles. The SMILES string of the molecule is N#CCC(c1ccc(Cl)c(Cl)c1)C(C#N)c1ccccc1. The molecule has 0 radical (unpaired) electrons. The van der Waals surface area contributed by atoms with Crippen LogP contribution in [0, 0.1) is 22.7 Å². The first kappa shape index (κ1) is 15.4. The number of nitrogens with zero attached hydrogens (tertiary/aromatic N) is 2. The molecule has 0 aliphatic heterocycles. The smallest absolute Gasteiger partial charge is 0.0791 e. The van der Waals surface area contributed by atoms with Crippen LogP contribution in [-0.4, -0.2) is 0 Å². The zero-order chi connectivity index (χ0) is 15.2. The molecule has 2 unspecified atom stereocenters. The summed E-state index contributed by atoms with van der Waals surface area (Å²) in [7, 11) is 0. The number of nitriles is 2. The van der Waals surface area contributed by atoms with Crippen LogP contribution in [0.4, 0.5) is 0 Å². The van der Waals surface area contributed by atoms with Crippen molar-refractivity contribution in [3.8, 4) is 12.1 Å². The quantitative estimate of drug-likeness (QED) is 0.769. The fraction of sp³-hybridized carbons (Fsp3) is 0.176. The molecule has 0 heterocycles. The summed E-state index contributed by atoms with van der Waals surface area (Å²) in [5.74, 6) is -0.639. The maximum atomic E-state index is 9.54. The summed E-state index contributed by atoms with van der Waals surface area (Å²) in [6.07, 6.45) is 0.241. The summed E-state index contributed by atoms with van der Waals surface area (Å²) >= 11 is 12.0. The first-order chi connectivity index (χ1) is 10.2. The van der Waals surface area contributed by atoms with E-state index in [1.54, 1.807) is 12.1 Å². The van der Waals surface area contributed by atoms with Gasteiger partial charge in [-0.25, -0.2) is 0 Å². The standard InChI is InChI=1S/C17H12Cl2N2/c18-16-7-6-13(10-17(16)19)14(8-9-20)15(11-21)12-4-2-1-3-5-12/h1-7,10,14-15H,8H2. The molecule has 0 aliphatic rings. The second-order valence-electron chi connectivity index (χ2n) is 4.66. The van der Waals surface area contributed by atoms with Crippen LogP contribution in [0.15, 0.2) is 48.5 Å². The highest BCUT2D eigenvalue weighted by Gasteiger charge is 2.25. The maximum Gasteiger partial charge on any atom is 0.0791 e. The van der Waals surface area contributed by atoms with Gasteiger partial charge in [0.2, 0.25) is 0 Å². The van der Waals surface area contributed by atoms with Gasteiger partial charge in [-0.1, -0.05) is 59.6 Å². The summed E-state index contributed by atoms with van der Waals surface area (Å²) in [6.45, 7) is 0. The number of halogens is 2. The van der Waals surface area contributed by atoms with Gasteiger partial charge in [-0.05, 0) is 23.3 Å². The first-order valence-electron chi connectivity index (χ1n) is 6.44. The van der Waals surface area contributed by atoms with Gasteiger partial charge in [0.25, 0.3) is 0 Å². The number of rotatable bonds is 4. The van der Waals surface area contributed by atoms with Crippen molar-refractivity contribution in [1.82, 2.24) is 0 Å². The summed E-state index contributed by atoms with van der Waals surface area (Å²) in [5, 5.41) is 19.5. The van der Waals surface area contributed by atoms with E-state index in [4.69, 9.17) is 28.5 Å². The van der Waals surface area contributed by atoms with Crippen LogP contribution >= 0.6 is 23.2 Å². The number of benzene rings is 2. The molecular weight excluding hydrogens is 303 g/mol. The Morgan fingerprint density at radius 2 is 1.62 bits per heavy atom. The molecule has 104 valence electrons. The van der Waals surface area contributed by atoms with Gasteiger partial charge in [-0.3, -0.25) is 0 Å². The van der Waals surface area contributed by atoms with Crippen LogP contribution in [0.2, 0.25) is 10.0 Å². The van der Waals surface area contributed by atoms with Crippen molar-refractivity contribution in [2.24, 2.45) is 0 Å². The zero-order valence-corrected chi connectivity index (χ0v) is 12.6. The van der Waals surface area contributed by atoms with E-state index >= 15 is 0 Å². The third-order valence-corrected chi connectivity index (χ3v) is 4.12. The highest BCUT2D eigenvalue weighted by atomic mass is 35.5. The molecule has 21 heavy (non-hydrogen) atoms. The molecule has 4 heteroatoms. The second kappa shape index (κ2) is 7.14. The van der Waals surface area contributed by atoms with E-state index in [9.17, 15) is 5.26 Å². The molecule has 0 N–H and O–H groups in total. The van der Waals surface area contributed by atoms with Crippen molar-refractivity contribution in [2.75, 3.05) is 0 Å². The molecule has 0 fully saturated rings. The molecule has 0 aromatic heterocycles. The molecule has 2 aromatic carbocycles. The van der Waals surface area contributed by atoms with E-state index in [0.717, 1.165) is 11.1 Å². The van der Waals surface area contributed by atoms with E-state index < -0.39 is 5.92 Å². The summed E-state index contributed by atoms with van der Waals surface area (Å²) in [5.41, 5.74) is 1.74. The number of hydrogen-bond donors (Lipinski definition) is 0. The lowest BCUT2D eigenvalue weighted by molar-refractivity contribution is 0.641. The Balaban J connectivity index is 2.44. The van der Waals surface area contributed by atoms with E-state index in [1.165, 1.54) is 0 Å². The van der Waals surface area contributed by atoms with E-state index in [0.29, 0.717) is 10.0 Å². The molecule has 0 amide bonds. The topological polar surface area (TPSA) is 47.6 Å². The van der Waals surface area contributed by atoms with Gasteiger partial charge in [0, 0.05) is 12.3 Å². The Bertz CT molecular complexity index is 699. The first-order valence-corrected chi connectivity index (χ1v) is 7.19. The largest absolute Gasteiger partial charge is 0.198 e. The van der Waals surface area contributed by atoms with Crippen molar-refractivity contribution in [3.05, 3.63) is 69.7 Å². The van der Waals surface area contributed by atoms with Crippen molar-refractivity contribution >= 4 is 23.2 Å². The van der Waals surface area contributed by atoms with E-state index in [2.05, 4.69) is 12.1 Å². The van der Waals surface area contributed by atoms with Crippen LogP contribution in [0.1, 0.15) is 29.4 Å². The van der Waals surface area contributed by atoms with Crippen molar-refractivity contribution in [2.45, 2.75) is 18.3 Å². The van der Waals surface area contributed by atoms with Gasteiger partial charge in [-0.15, -0.1) is 0 Å². The molecule has 0 aliphatic carbocycles. The summed E-state index contributed by atoms with van der Waals surface area (Å²) in [6, 6.07) is 19.2. The third kappa shape index (κ3) is 3.56. The molecular formula is C17H12Cl2N2. The minimum absolute atomic E-state index is 0.239. The third-order valence-electron chi connectivity index (χ3n) is 3.38. The van der Waals surface area contributed by atoms with Gasteiger partial charge in [0.15, 0.2) is 0 Å². The van der Waals surface area contributed by atoms with Crippen molar-refractivity contribution in [3.63, 3.8) is 0 Å². The molecule has 0 bridgehead atoms. The van der Waals surface area contributed by atoms with Gasteiger partial charge in [-0.2, -0.15) is 10.5 Å². The van der Waals surface area contributed by atoms with Gasteiger partial charge in [0.05, 0.1) is 28.1 Å². The van der Waals surface area contributed by atoms with Gasteiger partial charge >= 0.3 is 0 Å². The molecule has 2 rings (SSSR count). The summed E-state index contributed by atoms with van der Waals surface area (Å²) < 4.78 is 0. The summed E-state index contributed by atoms with van der Waals surface area (Å²) in [4.78, 5) is 0. The molecule has 2 aromatic rings. The highest BCUT2D eigenvalue weighted by molar-refractivity contribution is 6.42. The Kier molecular flexibility index (Phi) is 5.23. The minimum Gasteiger partial charge on any atom is -0.198 e. The fourth-order valence-corrected chi connectivity index (χ4v) is 2.63. The maximum absolute atomic E-state index is 9.54. The fourth-order valence-electron chi connectivity index (χ4n) is 2.33. The van der Waals surface area contributed by atoms with Crippen molar-refractivity contribution in [1.29, 1.82) is 10.5 Å². The van der Waals surface area contributed by atoms with Crippen LogP contribution in [0.5, 0.6) is 0 Å². The Morgan fingerprint density at radius 3 is 2.19 bits per heavy atom. The average molecular weight is 315 g/mol. The Hall–Kier alpha value is -2.00. The molecule has 0 saturated heterocycles. The van der Waals surface area contributed by atoms with Crippen LogP contribution in [-0.2, 0) is 0 Å². The lowest BCUT2D eigenvalue weighted by Gasteiger charge is -2.21. The predicted molar refractivity (Wildman–Crippen MR) is 84.2 cm³/mol. The Labute approximate surface area is 134 Å². The minimum atomic E-state index is -0.400. The predicted octanol–water partition coefficient (Wildman–Crippen LogP) is 5.30. The van der Waals surface area contributed by atoms with E-state index in [-0.39, 0.29) is 12.3 Å². The lowest BCUT2D eigenvalue weighted by atomic mass is 9.80. The van der Waals surface area contributed by atoms with Gasteiger partial charge < -0.3 is 0 Å². The second-order valence-corrected chi connectivity index (χ2v) is 5.47. The molecule has 0 spiro atoms. The zero-order valence-electron chi connectivity index (χ0n) is 11.1. The molecule has 2 nitrogen and oxygen atoms in total. The number of hydrogen-bond acceptors (Lipinski definition) is 2. The lowest BCUT2D eigenvalue weighted by Crippen LogP contribution is -2.09. The monoisotopic (exact) mass is 314 g/mol. The van der Waals surface area contributed by atoms with Crippen LogP contribution in [0.3, 0.4) is 0 Å². The van der Waals surface area contributed by atoms with E-state index in [1.807, 2.05) is 36.4 Å². The highest BCUT2D eigenvalue weighted by Crippen LogP contribution is 2.37.